The first-order chi connectivity index (χ1) is 10.1. The van der Waals surface area contributed by atoms with Gasteiger partial charge in [-0.15, -0.1) is 4.52 Å². The number of hydrogen-bond acceptors (Lipinski definition) is 3. The summed E-state index contributed by atoms with van der Waals surface area (Å²) in [5.74, 6) is 0.695. The van der Waals surface area contributed by atoms with Gasteiger partial charge >= 0.3 is 8.25 Å². The topological polar surface area (TPSA) is 35.5 Å². The smallest absolute Gasteiger partial charge is 0.229 e. The minimum Gasteiger partial charge on any atom is -0.229 e. The number of aryl methyl sites for hydroxylation is 1. The average molecular weight is 339 g/mol. The maximum atomic E-state index is 12.4. The van der Waals surface area contributed by atoms with Gasteiger partial charge in [-0.3, -0.25) is 0 Å². The molecule has 1 unspecified atom stereocenters. The second-order valence-electron chi connectivity index (χ2n) is 9.21. The van der Waals surface area contributed by atoms with Crippen molar-refractivity contribution in [3.05, 3.63) is 28.8 Å². The van der Waals surface area contributed by atoms with Gasteiger partial charge in [0.15, 0.2) is 5.75 Å². The Bertz CT molecular complexity index is 549. The van der Waals surface area contributed by atoms with Gasteiger partial charge in [-0.2, -0.15) is 0 Å². The van der Waals surface area contributed by atoms with E-state index in [9.17, 15) is 4.57 Å². The zero-order valence-electron chi connectivity index (χ0n) is 16.3. The van der Waals surface area contributed by atoms with Gasteiger partial charge in [0.1, 0.15) is 5.60 Å². The first-order valence-corrected chi connectivity index (χ1v) is 9.21. The molecule has 1 rings (SSSR count). The summed E-state index contributed by atoms with van der Waals surface area (Å²) in [6.07, 6.45) is 0. The normalized spacial score (nSPS) is 13.9. The van der Waals surface area contributed by atoms with E-state index in [1.807, 2.05) is 20.8 Å². The SMILES string of the molecule is Cc1cc(C(C)(C)C)c(O[P+](=O)OC(C)(C)C)c(C(C)(C)C)c1. The fourth-order valence-corrected chi connectivity index (χ4v) is 3.13. The Hall–Kier alpha value is -0.920. The van der Waals surface area contributed by atoms with Crippen molar-refractivity contribution >= 4 is 8.25 Å². The van der Waals surface area contributed by atoms with Gasteiger partial charge in [-0.1, -0.05) is 59.2 Å². The van der Waals surface area contributed by atoms with Crippen molar-refractivity contribution in [2.75, 3.05) is 0 Å². The van der Waals surface area contributed by atoms with E-state index in [4.69, 9.17) is 9.05 Å². The Morgan fingerprint density at radius 1 is 0.826 bits per heavy atom. The minimum absolute atomic E-state index is 0.112. The molecule has 130 valence electrons. The molecule has 1 aromatic carbocycles. The molecule has 0 fully saturated rings. The van der Waals surface area contributed by atoms with E-state index in [-0.39, 0.29) is 10.8 Å². The molecule has 0 bridgehead atoms. The lowest BCUT2D eigenvalue weighted by Crippen LogP contribution is -2.20. The Labute approximate surface area is 142 Å². The molecule has 0 saturated carbocycles. The number of hydrogen-bond donors (Lipinski definition) is 0. The van der Waals surface area contributed by atoms with Crippen LogP contribution >= 0.6 is 8.25 Å². The van der Waals surface area contributed by atoms with Crippen LogP contribution in [0.25, 0.3) is 0 Å². The molecule has 0 spiro atoms. The van der Waals surface area contributed by atoms with Gasteiger partial charge < -0.3 is 0 Å². The first-order valence-electron chi connectivity index (χ1n) is 8.11. The van der Waals surface area contributed by atoms with E-state index in [0.717, 1.165) is 11.1 Å². The standard InChI is InChI=1S/C19H32O3P/c1-13-11-14(17(2,3)4)16(15(12-13)18(5,6)7)21-23(20)22-19(8,9)10/h11-12H,1-10H3/q+1. The molecule has 0 radical (unpaired) electrons. The molecule has 0 aliphatic rings. The zero-order chi connectivity index (χ0) is 18.2. The Kier molecular flexibility index (Phi) is 5.71. The van der Waals surface area contributed by atoms with Gasteiger partial charge in [0.05, 0.1) is 0 Å². The summed E-state index contributed by atoms with van der Waals surface area (Å²) in [4.78, 5) is 0. The molecular formula is C19H32O3P+. The van der Waals surface area contributed by atoms with Crippen LogP contribution < -0.4 is 4.52 Å². The van der Waals surface area contributed by atoms with Crippen molar-refractivity contribution < 1.29 is 13.6 Å². The van der Waals surface area contributed by atoms with Crippen molar-refractivity contribution in [2.45, 2.75) is 85.7 Å². The molecule has 23 heavy (non-hydrogen) atoms. The molecule has 1 aromatic rings. The first kappa shape index (κ1) is 20.1. The summed E-state index contributed by atoms with van der Waals surface area (Å²) in [5.41, 5.74) is 2.56. The highest BCUT2D eigenvalue weighted by molar-refractivity contribution is 7.33. The van der Waals surface area contributed by atoms with Crippen molar-refractivity contribution in [1.29, 1.82) is 0 Å². The van der Waals surface area contributed by atoms with E-state index in [1.165, 1.54) is 5.56 Å². The molecule has 0 aliphatic heterocycles. The third-order valence-electron chi connectivity index (χ3n) is 3.36. The van der Waals surface area contributed by atoms with Crippen LogP contribution in [0.4, 0.5) is 0 Å². The molecule has 3 nitrogen and oxygen atoms in total. The van der Waals surface area contributed by atoms with Gasteiger partial charge in [0, 0.05) is 15.7 Å². The monoisotopic (exact) mass is 339 g/mol. The summed E-state index contributed by atoms with van der Waals surface area (Å²) in [6.45, 7) is 20.5. The Morgan fingerprint density at radius 3 is 1.52 bits per heavy atom. The van der Waals surface area contributed by atoms with Gasteiger partial charge in [0.2, 0.25) is 0 Å². The molecule has 4 heteroatoms. The van der Waals surface area contributed by atoms with Crippen LogP contribution in [-0.4, -0.2) is 5.60 Å². The van der Waals surface area contributed by atoms with Crippen molar-refractivity contribution in [3.8, 4) is 5.75 Å². The lowest BCUT2D eigenvalue weighted by molar-refractivity contribution is 0.125. The minimum atomic E-state index is -2.23. The van der Waals surface area contributed by atoms with Crippen LogP contribution in [0, 0.1) is 6.92 Å². The van der Waals surface area contributed by atoms with Crippen LogP contribution in [0.1, 0.15) is 79.0 Å². The van der Waals surface area contributed by atoms with Gasteiger partial charge in [0.25, 0.3) is 0 Å². The predicted molar refractivity (Wildman–Crippen MR) is 97.7 cm³/mol. The Morgan fingerprint density at radius 2 is 1.22 bits per heavy atom. The highest BCUT2D eigenvalue weighted by Crippen LogP contribution is 2.45. The quantitative estimate of drug-likeness (QED) is 0.594. The summed E-state index contributed by atoms with van der Waals surface area (Å²) < 4.78 is 23.7. The van der Waals surface area contributed by atoms with Crippen molar-refractivity contribution in [2.24, 2.45) is 0 Å². The van der Waals surface area contributed by atoms with Gasteiger partial charge in [-0.05, 0) is 38.5 Å². The van der Waals surface area contributed by atoms with E-state index in [0.29, 0.717) is 5.75 Å². The van der Waals surface area contributed by atoms with Crippen LogP contribution in [-0.2, 0) is 19.9 Å². The molecule has 0 aromatic heterocycles. The molecule has 0 N–H and O–H groups in total. The van der Waals surface area contributed by atoms with Gasteiger partial charge in [-0.25, -0.2) is 4.52 Å². The highest BCUT2D eigenvalue weighted by Gasteiger charge is 2.36. The number of benzene rings is 1. The second kappa shape index (κ2) is 6.53. The van der Waals surface area contributed by atoms with Crippen LogP contribution in [0.3, 0.4) is 0 Å². The summed E-state index contributed by atoms with van der Waals surface area (Å²) >= 11 is 0. The molecular weight excluding hydrogens is 307 g/mol. The van der Waals surface area contributed by atoms with E-state index in [2.05, 4.69) is 60.6 Å². The second-order valence-corrected chi connectivity index (χ2v) is 10.0. The van der Waals surface area contributed by atoms with Crippen LogP contribution in [0.15, 0.2) is 12.1 Å². The van der Waals surface area contributed by atoms with E-state index < -0.39 is 13.9 Å². The average Bonchev–Trinajstić information content (AvgIpc) is 2.25. The lowest BCUT2D eigenvalue weighted by Gasteiger charge is -2.27. The fraction of sp³-hybridized carbons (Fsp3) is 0.684. The molecule has 0 amide bonds. The molecule has 0 aliphatic carbocycles. The number of rotatable bonds is 3. The summed E-state index contributed by atoms with van der Waals surface area (Å²) in [6, 6.07) is 4.23. The molecule has 0 heterocycles. The predicted octanol–water partition coefficient (Wildman–Crippen LogP) is 6.44. The highest BCUT2D eigenvalue weighted by atomic mass is 31.1. The maximum absolute atomic E-state index is 12.4. The van der Waals surface area contributed by atoms with Crippen molar-refractivity contribution in [3.63, 3.8) is 0 Å². The van der Waals surface area contributed by atoms with Crippen molar-refractivity contribution in [1.82, 2.24) is 0 Å². The summed E-state index contributed by atoms with van der Waals surface area (Å²) in [5, 5.41) is 0. The van der Waals surface area contributed by atoms with E-state index >= 15 is 0 Å². The fourth-order valence-electron chi connectivity index (χ4n) is 2.30. The zero-order valence-corrected chi connectivity index (χ0v) is 17.2. The largest absolute Gasteiger partial charge is 0.750 e. The lowest BCUT2D eigenvalue weighted by atomic mass is 9.78. The third-order valence-corrected chi connectivity index (χ3v) is 4.39. The molecule has 1 atom stereocenters. The summed E-state index contributed by atoms with van der Waals surface area (Å²) in [7, 11) is -2.23. The third kappa shape index (κ3) is 5.90. The maximum Gasteiger partial charge on any atom is 0.750 e. The Balaban J connectivity index is 3.45. The van der Waals surface area contributed by atoms with Crippen LogP contribution in [0.2, 0.25) is 0 Å². The van der Waals surface area contributed by atoms with Crippen LogP contribution in [0.5, 0.6) is 5.75 Å². The van der Waals surface area contributed by atoms with E-state index in [1.54, 1.807) is 0 Å². The molecule has 0 saturated heterocycles.